The van der Waals surface area contributed by atoms with Gasteiger partial charge >= 0.3 is 0 Å². The molecular weight excluding hydrogens is 228 g/mol. The van der Waals surface area contributed by atoms with Crippen LogP contribution in [0.15, 0.2) is 11.1 Å². The van der Waals surface area contributed by atoms with E-state index in [4.69, 9.17) is 0 Å². The predicted molar refractivity (Wildman–Crippen MR) is 59.0 cm³/mol. The molecule has 0 aliphatic carbocycles. The van der Waals surface area contributed by atoms with E-state index >= 15 is 0 Å². The van der Waals surface area contributed by atoms with Gasteiger partial charge in [-0.05, 0) is 31.8 Å². The first-order valence-electron chi connectivity index (χ1n) is 5.05. The Hall–Kier alpha value is 0.140. The number of nitrogens with zero attached hydrogens (tertiary/aromatic N) is 1. The van der Waals surface area contributed by atoms with Crippen LogP contribution in [0.1, 0.15) is 12.8 Å². The van der Waals surface area contributed by atoms with Gasteiger partial charge in [-0.15, -0.1) is 0 Å². The summed E-state index contributed by atoms with van der Waals surface area (Å²) in [6.45, 7) is 8.57. The molecule has 0 bridgehead atoms. The highest BCUT2D eigenvalue weighted by atomic mass is 79.9. The Morgan fingerprint density at radius 3 is 3.15 bits per heavy atom. The van der Waals surface area contributed by atoms with Crippen molar-refractivity contribution in [1.82, 2.24) is 10.2 Å². The zero-order valence-electron chi connectivity index (χ0n) is 7.93. The maximum atomic E-state index is 3.92. The first kappa shape index (κ1) is 9.69. The van der Waals surface area contributed by atoms with Crippen molar-refractivity contribution in [3.63, 3.8) is 0 Å². The third-order valence-corrected chi connectivity index (χ3v) is 3.42. The molecule has 2 aliphatic heterocycles. The van der Waals surface area contributed by atoms with Gasteiger partial charge in [0, 0.05) is 23.6 Å². The van der Waals surface area contributed by atoms with Crippen molar-refractivity contribution >= 4 is 15.9 Å². The first-order valence-corrected chi connectivity index (χ1v) is 5.84. The van der Waals surface area contributed by atoms with Crippen LogP contribution in [-0.4, -0.2) is 37.1 Å². The highest BCUT2D eigenvalue weighted by molar-refractivity contribution is 9.11. The number of hydrogen-bond donors (Lipinski definition) is 1. The topological polar surface area (TPSA) is 15.3 Å². The van der Waals surface area contributed by atoms with Gasteiger partial charge in [0.1, 0.15) is 0 Å². The van der Waals surface area contributed by atoms with Gasteiger partial charge in [0.15, 0.2) is 0 Å². The number of hydrogen-bond acceptors (Lipinski definition) is 2. The molecule has 3 heteroatoms. The van der Waals surface area contributed by atoms with E-state index in [0.717, 1.165) is 23.0 Å². The van der Waals surface area contributed by atoms with Crippen molar-refractivity contribution < 1.29 is 0 Å². The van der Waals surface area contributed by atoms with Crippen molar-refractivity contribution in [1.29, 1.82) is 0 Å². The number of halogens is 1. The molecule has 2 nitrogen and oxygen atoms in total. The zero-order valence-corrected chi connectivity index (χ0v) is 9.52. The Morgan fingerprint density at radius 2 is 2.38 bits per heavy atom. The van der Waals surface area contributed by atoms with Gasteiger partial charge in [0.2, 0.25) is 0 Å². The molecule has 2 aliphatic rings. The highest BCUT2D eigenvalue weighted by Gasteiger charge is 2.34. The van der Waals surface area contributed by atoms with Gasteiger partial charge in [-0.3, -0.25) is 4.90 Å². The third kappa shape index (κ3) is 2.14. The van der Waals surface area contributed by atoms with Crippen molar-refractivity contribution in [2.24, 2.45) is 5.92 Å². The summed E-state index contributed by atoms with van der Waals surface area (Å²) < 4.78 is 1.11. The van der Waals surface area contributed by atoms with E-state index in [9.17, 15) is 0 Å². The molecule has 0 aromatic heterocycles. The lowest BCUT2D eigenvalue weighted by Gasteiger charge is -2.36. The fourth-order valence-corrected chi connectivity index (χ4v) is 2.90. The van der Waals surface area contributed by atoms with E-state index in [-0.39, 0.29) is 0 Å². The summed E-state index contributed by atoms with van der Waals surface area (Å²) in [5.41, 5.74) is 0. The van der Waals surface area contributed by atoms with Crippen molar-refractivity contribution in [3.8, 4) is 0 Å². The zero-order chi connectivity index (χ0) is 9.26. The van der Waals surface area contributed by atoms with E-state index < -0.39 is 0 Å². The predicted octanol–water partition coefficient (Wildman–Crippen LogP) is 1.58. The molecule has 0 saturated carbocycles. The SMILES string of the molecule is C=C(Br)CN1CCC[C@@H]2CNC[C@@H]21. The number of piperidine rings is 1. The second-order valence-corrected chi connectivity index (χ2v) is 5.24. The van der Waals surface area contributed by atoms with E-state index in [0.29, 0.717) is 0 Å². The Bertz CT molecular complexity index is 205. The van der Waals surface area contributed by atoms with Crippen molar-refractivity contribution in [2.45, 2.75) is 18.9 Å². The molecule has 2 saturated heterocycles. The summed E-state index contributed by atoms with van der Waals surface area (Å²) >= 11 is 3.45. The molecular formula is C10H17BrN2. The molecule has 0 amide bonds. The van der Waals surface area contributed by atoms with Crippen LogP contribution in [0.2, 0.25) is 0 Å². The number of fused-ring (bicyclic) bond motifs is 1. The summed E-state index contributed by atoms with van der Waals surface area (Å²) in [5, 5.41) is 3.48. The minimum Gasteiger partial charge on any atom is -0.315 e. The Morgan fingerprint density at radius 1 is 1.54 bits per heavy atom. The average molecular weight is 245 g/mol. The van der Waals surface area contributed by atoms with Gasteiger partial charge in [-0.2, -0.15) is 0 Å². The van der Waals surface area contributed by atoms with Crippen LogP contribution in [0.4, 0.5) is 0 Å². The van der Waals surface area contributed by atoms with Crippen LogP contribution < -0.4 is 5.32 Å². The fourth-order valence-electron chi connectivity index (χ4n) is 2.58. The Labute approximate surface area is 88.5 Å². The highest BCUT2D eigenvalue weighted by Crippen LogP contribution is 2.27. The van der Waals surface area contributed by atoms with E-state index in [2.05, 4.69) is 32.7 Å². The molecule has 2 atom stereocenters. The molecule has 0 unspecified atom stereocenters. The molecule has 74 valence electrons. The average Bonchev–Trinajstić information content (AvgIpc) is 2.51. The molecule has 13 heavy (non-hydrogen) atoms. The summed E-state index contributed by atoms with van der Waals surface area (Å²) in [7, 11) is 0. The molecule has 0 spiro atoms. The Kier molecular flexibility index (Phi) is 3.06. The van der Waals surface area contributed by atoms with E-state index in [1.165, 1.54) is 32.5 Å². The molecule has 2 rings (SSSR count). The molecule has 2 heterocycles. The lowest BCUT2D eigenvalue weighted by molar-refractivity contribution is 0.139. The van der Waals surface area contributed by atoms with Gasteiger partial charge in [-0.25, -0.2) is 0 Å². The quantitative estimate of drug-likeness (QED) is 0.794. The van der Waals surface area contributed by atoms with Gasteiger partial charge in [0.05, 0.1) is 0 Å². The third-order valence-electron chi connectivity index (χ3n) is 3.17. The van der Waals surface area contributed by atoms with Gasteiger partial charge in [-0.1, -0.05) is 22.5 Å². The number of rotatable bonds is 2. The van der Waals surface area contributed by atoms with E-state index in [1.807, 2.05) is 0 Å². The lowest BCUT2D eigenvalue weighted by atomic mass is 9.92. The minimum atomic E-state index is 0.767. The van der Waals surface area contributed by atoms with Gasteiger partial charge in [0.25, 0.3) is 0 Å². The maximum absolute atomic E-state index is 3.92. The molecule has 0 aromatic carbocycles. The number of likely N-dealkylation sites (tertiary alicyclic amines) is 1. The molecule has 0 aromatic rings. The van der Waals surface area contributed by atoms with Crippen LogP contribution in [0.25, 0.3) is 0 Å². The van der Waals surface area contributed by atoms with Crippen molar-refractivity contribution in [3.05, 3.63) is 11.1 Å². The standard InChI is InChI=1S/C10H17BrN2/c1-8(11)7-13-4-2-3-9-5-12-6-10(9)13/h9-10,12H,1-7H2/t9-,10+/m1/s1. The molecule has 0 radical (unpaired) electrons. The second-order valence-electron chi connectivity index (χ2n) is 4.12. The second kappa shape index (κ2) is 4.11. The lowest BCUT2D eigenvalue weighted by Crippen LogP contribution is -2.45. The van der Waals surface area contributed by atoms with Crippen LogP contribution in [-0.2, 0) is 0 Å². The Balaban J connectivity index is 1.97. The summed E-state index contributed by atoms with van der Waals surface area (Å²) in [5.74, 6) is 0.889. The van der Waals surface area contributed by atoms with Crippen molar-refractivity contribution in [2.75, 3.05) is 26.2 Å². The summed E-state index contributed by atoms with van der Waals surface area (Å²) in [6, 6.07) is 0.767. The van der Waals surface area contributed by atoms with E-state index in [1.54, 1.807) is 0 Å². The van der Waals surface area contributed by atoms with Gasteiger partial charge < -0.3 is 5.32 Å². The summed E-state index contributed by atoms with van der Waals surface area (Å²) in [6.07, 6.45) is 2.76. The van der Waals surface area contributed by atoms with Crippen LogP contribution >= 0.6 is 15.9 Å². The largest absolute Gasteiger partial charge is 0.315 e. The monoisotopic (exact) mass is 244 g/mol. The normalized spacial score (nSPS) is 34.5. The first-order chi connectivity index (χ1) is 6.27. The number of nitrogens with one attached hydrogen (secondary N) is 1. The van der Waals surface area contributed by atoms with Crippen LogP contribution in [0, 0.1) is 5.92 Å². The smallest absolute Gasteiger partial charge is 0.0297 e. The minimum absolute atomic E-state index is 0.767. The van der Waals surface area contributed by atoms with Crippen LogP contribution in [0.5, 0.6) is 0 Å². The molecule has 1 N–H and O–H groups in total. The maximum Gasteiger partial charge on any atom is 0.0297 e. The fraction of sp³-hybridized carbons (Fsp3) is 0.800. The summed E-state index contributed by atoms with van der Waals surface area (Å²) in [4.78, 5) is 2.56. The molecule has 2 fully saturated rings. The van der Waals surface area contributed by atoms with Crippen LogP contribution in [0.3, 0.4) is 0 Å².